The summed E-state index contributed by atoms with van der Waals surface area (Å²) in [6, 6.07) is 8.14. The lowest BCUT2D eigenvalue weighted by Gasteiger charge is -2.21. The average Bonchev–Trinajstić information content (AvgIpc) is 2.37. The normalized spacial score (nSPS) is 11.3. The fraction of sp³-hybridized carbons (Fsp3) is 0.312. The molecule has 0 atom stereocenters. The standard InChI is InChI=1S/C16H19FN2O2/c1-10-6-5-7-12(14(10)17)20-13-9-8-11(18)15(19-13)21-16(2,3)4/h5-9H,18H2,1-4H3. The van der Waals surface area contributed by atoms with Gasteiger partial charge in [0.2, 0.25) is 11.8 Å². The Labute approximate surface area is 123 Å². The molecule has 2 aromatic rings. The van der Waals surface area contributed by atoms with E-state index < -0.39 is 11.4 Å². The van der Waals surface area contributed by atoms with E-state index in [1.165, 1.54) is 0 Å². The summed E-state index contributed by atoms with van der Waals surface area (Å²) in [5.74, 6) is 0.212. The lowest BCUT2D eigenvalue weighted by atomic mass is 10.2. The number of anilines is 1. The Morgan fingerprint density at radius 3 is 2.52 bits per heavy atom. The van der Waals surface area contributed by atoms with Crippen molar-refractivity contribution >= 4 is 5.69 Å². The minimum atomic E-state index is -0.436. The summed E-state index contributed by atoms with van der Waals surface area (Å²) >= 11 is 0. The second-order valence-corrected chi connectivity index (χ2v) is 5.75. The fourth-order valence-corrected chi connectivity index (χ4v) is 1.67. The number of ether oxygens (including phenoxy) is 2. The van der Waals surface area contributed by atoms with Crippen molar-refractivity contribution in [1.82, 2.24) is 4.98 Å². The van der Waals surface area contributed by atoms with Crippen molar-refractivity contribution in [3.05, 3.63) is 41.7 Å². The highest BCUT2D eigenvalue weighted by Crippen LogP contribution is 2.30. The largest absolute Gasteiger partial charge is 0.470 e. The van der Waals surface area contributed by atoms with Crippen molar-refractivity contribution in [3.8, 4) is 17.5 Å². The summed E-state index contributed by atoms with van der Waals surface area (Å²) in [6.07, 6.45) is 0. The van der Waals surface area contributed by atoms with E-state index in [4.69, 9.17) is 15.2 Å². The molecule has 0 aliphatic heterocycles. The summed E-state index contributed by atoms with van der Waals surface area (Å²) in [6.45, 7) is 7.35. The SMILES string of the molecule is Cc1cccc(Oc2ccc(N)c(OC(C)(C)C)n2)c1F. The zero-order valence-electron chi connectivity index (χ0n) is 12.6. The molecule has 112 valence electrons. The lowest BCUT2D eigenvalue weighted by molar-refractivity contribution is 0.124. The van der Waals surface area contributed by atoms with Gasteiger partial charge in [0.25, 0.3) is 0 Å². The van der Waals surface area contributed by atoms with Gasteiger partial charge >= 0.3 is 0 Å². The molecule has 1 aromatic heterocycles. The van der Waals surface area contributed by atoms with Gasteiger partial charge in [0.15, 0.2) is 11.6 Å². The molecule has 2 rings (SSSR count). The minimum absolute atomic E-state index is 0.119. The molecule has 1 aromatic carbocycles. The monoisotopic (exact) mass is 290 g/mol. The molecular weight excluding hydrogens is 271 g/mol. The van der Waals surface area contributed by atoms with Crippen molar-refractivity contribution in [3.63, 3.8) is 0 Å². The van der Waals surface area contributed by atoms with E-state index in [0.29, 0.717) is 11.3 Å². The summed E-state index contributed by atoms with van der Waals surface area (Å²) in [7, 11) is 0. The molecular formula is C16H19FN2O2. The molecule has 0 bridgehead atoms. The van der Waals surface area contributed by atoms with Crippen LogP contribution in [0.4, 0.5) is 10.1 Å². The van der Waals surface area contributed by atoms with Crippen LogP contribution >= 0.6 is 0 Å². The van der Waals surface area contributed by atoms with Crippen molar-refractivity contribution in [1.29, 1.82) is 0 Å². The van der Waals surface area contributed by atoms with Crippen molar-refractivity contribution in [2.24, 2.45) is 0 Å². The Hall–Kier alpha value is -2.30. The summed E-state index contributed by atoms with van der Waals surface area (Å²) < 4.78 is 25.1. The minimum Gasteiger partial charge on any atom is -0.470 e. The molecule has 1 heterocycles. The van der Waals surface area contributed by atoms with Gasteiger partial charge in [-0.05, 0) is 45.4 Å². The Balaban J connectivity index is 2.29. The maximum atomic E-state index is 13.9. The number of aromatic nitrogens is 1. The van der Waals surface area contributed by atoms with Gasteiger partial charge in [-0.25, -0.2) is 4.39 Å². The van der Waals surface area contributed by atoms with E-state index in [1.807, 2.05) is 20.8 Å². The highest BCUT2D eigenvalue weighted by atomic mass is 19.1. The van der Waals surface area contributed by atoms with E-state index in [2.05, 4.69) is 4.98 Å². The van der Waals surface area contributed by atoms with Gasteiger partial charge < -0.3 is 15.2 Å². The molecule has 21 heavy (non-hydrogen) atoms. The number of pyridine rings is 1. The van der Waals surface area contributed by atoms with Crippen LogP contribution < -0.4 is 15.2 Å². The van der Waals surface area contributed by atoms with Crippen LogP contribution in [-0.2, 0) is 0 Å². The van der Waals surface area contributed by atoms with E-state index in [-0.39, 0.29) is 17.5 Å². The summed E-state index contributed by atoms with van der Waals surface area (Å²) in [5, 5.41) is 0. The molecule has 2 N–H and O–H groups in total. The van der Waals surface area contributed by atoms with E-state index >= 15 is 0 Å². The molecule has 4 nitrogen and oxygen atoms in total. The number of aryl methyl sites for hydroxylation is 1. The number of nitrogen functional groups attached to an aromatic ring is 1. The highest BCUT2D eigenvalue weighted by molar-refractivity contribution is 5.50. The zero-order chi connectivity index (χ0) is 15.6. The topological polar surface area (TPSA) is 57.4 Å². The molecule has 0 radical (unpaired) electrons. The number of hydrogen-bond acceptors (Lipinski definition) is 4. The van der Waals surface area contributed by atoms with Gasteiger partial charge in [-0.3, -0.25) is 0 Å². The number of halogens is 1. The van der Waals surface area contributed by atoms with Crippen LogP contribution in [0.2, 0.25) is 0 Å². The number of rotatable bonds is 3. The Morgan fingerprint density at radius 1 is 1.14 bits per heavy atom. The van der Waals surface area contributed by atoms with Crippen LogP contribution in [0.25, 0.3) is 0 Å². The first-order valence-corrected chi connectivity index (χ1v) is 6.65. The quantitative estimate of drug-likeness (QED) is 0.925. The third-order valence-corrected chi connectivity index (χ3v) is 2.64. The Bertz CT molecular complexity index is 651. The molecule has 0 saturated heterocycles. The van der Waals surface area contributed by atoms with Gasteiger partial charge in [-0.15, -0.1) is 0 Å². The lowest BCUT2D eigenvalue weighted by Crippen LogP contribution is -2.24. The second-order valence-electron chi connectivity index (χ2n) is 5.75. The number of hydrogen-bond donors (Lipinski definition) is 1. The molecule has 0 fully saturated rings. The molecule has 0 aliphatic rings. The van der Waals surface area contributed by atoms with Gasteiger partial charge in [-0.2, -0.15) is 4.98 Å². The Kier molecular flexibility index (Phi) is 4.02. The van der Waals surface area contributed by atoms with E-state index in [1.54, 1.807) is 37.3 Å². The maximum absolute atomic E-state index is 13.9. The second kappa shape index (κ2) is 5.60. The van der Waals surface area contributed by atoms with Crippen LogP contribution in [0, 0.1) is 12.7 Å². The van der Waals surface area contributed by atoms with E-state index in [9.17, 15) is 4.39 Å². The number of nitrogens with zero attached hydrogens (tertiary/aromatic N) is 1. The predicted octanol–water partition coefficient (Wildman–Crippen LogP) is 4.08. The first-order valence-electron chi connectivity index (χ1n) is 6.65. The van der Waals surface area contributed by atoms with Crippen molar-refractivity contribution in [2.45, 2.75) is 33.3 Å². The van der Waals surface area contributed by atoms with Crippen molar-refractivity contribution < 1.29 is 13.9 Å². The smallest absolute Gasteiger partial charge is 0.241 e. The fourth-order valence-electron chi connectivity index (χ4n) is 1.67. The van der Waals surface area contributed by atoms with Crippen LogP contribution in [0.5, 0.6) is 17.5 Å². The summed E-state index contributed by atoms with van der Waals surface area (Å²) in [4.78, 5) is 4.19. The van der Waals surface area contributed by atoms with Gasteiger partial charge in [0.1, 0.15) is 5.60 Å². The van der Waals surface area contributed by atoms with Gasteiger partial charge in [0, 0.05) is 6.07 Å². The predicted molar refractivity (Wildman–Crippen MR) is 80.2 cm³/mol. The molecule has 0 amide bonds. The summed E-state index contributed by atoms with van der Waals surface area (Å²) in [5.41, 5.74) is 6.30. The van der Waals surface area contributed by atoms with Crippen molar-refractivity contribution in [2.75, 3.05) is 5.73 Å². The van der Waals surface area contributed by atoms with Crippen LogP contribution in [0.3, 0.4) is 0 Å². The van der Waals surface area contributed by atoms with Crippen LogP contribution in [-0.4, -0.2) is 10.6 Å². The molecule has 0 unspecified atom stereocenters. The van der Waals surface area contributed by atoms with Crippen LogP contribution in [0.15, 0.2) is 30.3 Å². The number of nitrogens with two attached hydrogens (primary N) is 1. The third kappa shape index (κ3) is 3.84. The molecule has 0 saturated carbocycles. The maximum Gasteiger partial charge on any atom is 0.241 e. The molecule has 5 heteroatoms. The Morgan fingerprint density at radius 2 is 1.86 bits per heavy atom. The van der Waals surface area contributed by atoms with Gasteiger partial charge in [0.05, 0.1) is 5.69 Å². The highest BCUT2D eigenvalue weighted by Gasteiger charge is 2.16. The third-order valence-electron chi connectivity index (χ3n) is 2.64. The average molecular weight is 290 g/mol. The first-order chi connectivity index (χ1) is 9.76. The zero-order valence-corrected chi connectivity index (χ0v) is 12.6. The number of benzene rings is 1. The first kappa shape index (κ1) is 15.1. The van der Waals surface area contributed by atoms with Crippen LogP contribution in [0.1, 0.15) is 26.3 Å². The van der Waals surface area contributed by atoms with E-state index in [0.717, 1.165) is 0 Å². The molecule has 0 spiro atoms. The van der Waals surface area contributed by atoms with Gasteiger partial charge in [-0.1, -0.05) is 12.1 Å². The molecule has 0 aliphatic carbocycles.